The molecule has 15 heavy (non-hydrogen) atoms. The van der Waals surface area contributed by atoms with Crippen LogP contribution >= 0.6 is 11.8 Å². The van der Waals surface area contributed by atoms with Crippen molar-refractivity contribution in [3.8, 4) is 0 Å². The maximum atomic E-state index is 11.0. The first-order valence-corrected chi connectivity index (χ1v) is 5.35. The van der Waals surface area contributed by atoms with Crippen LogP contribution in [0.3, 0.4) is 0 Å². The highest BCUT2D eigenvalue weighted by molar-refractivity contribution is 7.99. The number of ether oxygens (including phenoxy) is 1. The van der Waals surface area contributed by atoms with E-state index in [-0.39, 0.29) is 5.97 Å². The number of nitrogens with zero attached hydrogens (tertiary/aromatic N) is 3. The van der Waals surface area contributed by atoms with E-state index in [9.17, 15) is 4.79 Å². The topological polar surface area (TPSA) is 57.0 Å². The number of hydrogen-bond donors (Lipinski definition) is 0. The third-order valence-corrected chi connectivity index (χ3v) is 2.74. The molecule has 0 saturated carbocycles. The van der Waals surface area contributed by atoms with Gasteiger partial charge in [0.1, 0.15) is 6.33 Å². The van der Waals surface area contributed by atoms with Gasteiger partial charge in [-0.2, -0.15) is 0 Å². The Morgan fingerprint density at radius 1 is 1.73 bits per heavy atom. The molecule has 0 bridgehead atoms. The largest absolute Gasteiger partial charge is 0.466 e. The molecular weight excluding hydrogens is 214 g/mol. The molecular formula is C9H13N3O2S. The van der Waals surface area contributed by atoms with E-state index < -0.39 is 0 Å². The van der Waals surface area contributed by atoms with Gasteiger partial charge in [0.15, 0.2) is 5.16 Å². The lowest BCUT2D eigenvalue weighted by Crippen LogP contribution is -2.01. The van der Waals surface area contributed by atoms with Gasteiger partial charge in [0.05, 0.1) is 7.11 Å². The lowest BCUT2D eigenvalue weighted by Gasteiger charge is -1.99. The molecule has 0 radical (unpaired) electrons. The zero-order valence-electron chi connectivity index (χ0n) is 8.93. The van der Waals surface area contributed by atoms with Crippen LogP contribution in [-0.4, -0.2) is 33.6 Å². The van der Waals surface area contributed by atoms with Gasteiger partial charge in [-0.05, 0) is 6.92 Å². The van der Waals surface area contributed by atoms with Gasteiger partial charge in [0.25, 0.3) is 0 Å². The smallest absolute Gasteiger partial charge is 0.333 e. The molecule has 5 nitrogen and oxygen atoms in total. The number of carbonyl (C=O) groups excluding carboxylic acids is 1. The van der Waals surface area contributed by atoms with Crippen LogP contribution in [0, 0.1) is 0 Å². The van der Waals surface area contributed by atoms with Crippen molar-refractivity contribution >= 4 is 17.7 Å². The van der Waals surface area contributed by atoms with Gasteiger partial charge < -0.3 is 9.30 Å². The fraction of sp³-hybridized carbons (Fsp3) is 0.444. The minimum atomic E-state index is -0.298. The molecule has 0 N–H and O–H groups in total. The van der Waals surface area contributed by atoms with Gasteiger partial charge in [-0.15, -0.1) is 10.2 Å². The number of thioether (sulfide) groups is 1. The molecule has 0 aliphatic rings. The standard InChI is InChI=1S/C9H13N3O2S/c1-7(8(13)14-3)4-5-15-9-11-10-6-12(9)2/h4,6H,5H2,1-3H3. The number of methoxy groups -OCH3 is 1. The van der Waals surface area contributed by atoms with Crippen LogP contribution in [0.15, 0.2) is 23.1 Å². The van der Waals surface area contributed by atoms with Crippen molar-refractivity contribution in [1.82, 2.24) is 14.8 Å². The second-order valence-electron chi connectivity index (χ2n) is 2.91. The Hall–Kier alpha value is -1.30. The Labute approximate surface area is 92.5 Å². The van der Waals surface area contributed by atoms with Crippen LogP contribution in [0.2, 0.25) is 0 Å². The first kappa shape index (κ1) is 11.8. The predicted molar refractivity (Wildman–Crippen MR) is 57.5 cm³/mol. The van der Waals surface area contributed by atoms with E-state index in [1.165, 1.54) is 18.9 Å². The van der Waals surface area contributed by atoms with Crippen molar-refractivity contribution in [3.63, 3.8) is 0 Å². The highest BCUT2D eigenvalue weighted by atomic mass is 32.2. The SMILES string of the molecule is COC(=O)C(C)=CCSc1nncn1C. The molecule has 1 rings (SSSR count). The zero-order valence-corrected chi connectivity index (χ0v) is 9.74. The lowest BCUT2D eigenvalue weighted by atomic mass is 10.3. The summed E-state index contributed by atoms with van der Waals surface area (Å²) in [4.78, 5) is 11.0. The molecule has 0 spiro atoms. The average Bonchev–Trinajstić information content (AvgIpc) is 2.63. The third-order valence-electron chi connectivity index (χ3n) is 1.78. The minimum Gasteiger partial charge on any atom is -0.466 e. The summed E-state index contributed by atoms with van der Waals surface area (Å²) in [5.41, 5.74) is 0.604. The first-order chi connectivity index (χ1) is 7.15. The molecule has 0 aliphatic carbocycles. The van der Waals surface area contributed by atoms with Crippen molar-refractivity contribution in [2.45, 2.75) is 12.1 Å². The van der Waals surface area contributed by atoms with Gasteiger partial charge in [-0.25, -0.2) is 4.79 Å². The monoisotopic (exact) mass is 227 g/mol. The first-order valence-electron chi connectivity index (χ1n) is 4.37. The second-order valence-corrected chi connectivity index (χ2v) is 3.90. The van der Waals surface area contributed by atoms with Crippen molar-refractivity contribution in [1.29, 1.82) is 0 Å². The zero-order chi connectivity index (χ0) is 11.3. The summed E-state index contributed by atoms with van der Waals surface area (Å²) < 4.78 is 6.40. The molecule has 82 valence electrons. The Bertz CT molecular complexity index is 373. The Balaban J connectivity index is 2.45. The summed E-state index contributed by atoms with van der Waals surface area (Å²) in [6.07, 6.45) is 3.45. The van der Waals surface area contributed by atoms with Crippen molar-refractivity contribution < 1.29 is 9.53 Å². The Morgan fingerprint density at radius 3 is 3.00 bits per heavy atom. The summed E-state index contributed by atoms with van der Waals surface area (Å²) in [6, 6.07) is 0. The summed E-state index contributed by atoms with van der Waals surface area (Å²) in [5.74, 6) is 0.376. The molecule has 0 amide bonds. The van der Waals surface area contributed by atoms with E-state index in [1.54, 1.807) is 13.3 Å². The van der Waals surface area contributed by atoms with Crippen LogP contribution < -0.4 is 0 Å². The highest BCUT2D eigenvalue weighted by Gasteiger charge is 2.03. The molecule has 1 heterocycles. The Kier molecular flexibility index (Phi) is 4.36. The van der Waals surface area contributed by atoms with Gasteiger partial charge in [0.2, 0.25) is 0 Å². The van der Waals surface area contributed by atoms with Crippen molar-refractivity contribution in [3.05, 3.63) is 18.0 Å². The molecule has 0 atom stereocenters. The molecule has 0 unspecified atom stereocenters. The summed E-state index contributed by atoms with van der Waals surface area (Å²) in [6.45, 7) is 1.73. The maximum absolute atomic E-state index is 11.0. The van der Waals surface area contributed by atoms with Crippen LogP contribution in [0.5, 0.6) is 0 Å². The molecule has 0 fully saturated rings. The number of aryl methyl sites for hydroxylation is 1. The fourth-order valence-electron chi connectivity index (χ4n) is 0.889. The predicted octanol–water partition coefficient (Wildman–Crippen LogP) is 1.03. The van der Waals surface area contributed by atoms with Gasteiger partial charge >= 0.3 is 5.97 Å². The van der Waals surface area contributed by atoms with Gasteiger partial charge in [-0.3, -0.25) is 0 Å². The van der Waals surface area contributed by atoms with Crippen molar-refractivity contribution in [2.24, 2.45) is 7.05 Å². The molecule has 1 aromatic rings. The van der Waals surface area contributed by atoms with Crippen LogP contribution in [0.25, 0.3) is 0 Å². The number of esters is 1. The van der Waals surface area contributed by atoms with Crippen molar-refractivity contribution in [2.75, 3.05) is 12.9 Å². The van der Waals surface area contributed by atoms with Gasteiger partial charge in [0, 0.05) is 18.4 Å². The van der Waals surface area contributed by atoms with E-state index in [0.717, 1.165) is 5.16 Å². The number of rotatable bonds is 4. The highest BCUT2D eigenvalue weighted by Crippen LogP contribution is 2.14. The van der Waals surface area contributed by atoms with Crippen LogP contribution in [-0.2, 0) is 16.6 Å². The fourth-order valence-corrected chi connectivity index (χ4v) is 1.73. The molecule has 0 saturated heterocycles. The maximum Gasteiger partial charge on any atom is 0.333 e. The van der Waals surface area contributed by atoms with Crippen LogP contribution in [0.1, 0.15) is 6.92 Å². The summed E-state index contributed by atoms with van der Waals surface area (Å²) in [5, 5.41) is 8.48. The number of carbonyl (C=O) groups is 1. The van der Waals surface area contributed by atoms with E-state index in [4.69, 9.17) is 0 Å². The normalized spacial score (nSPS) is 11.5. The second kappa shape index (κ2) is 5.55. The van der Waals surface area contributed by atoms with E-state index >= 15 is 0 Å². The molecule has 0 aliphatic heterocycles. The number of aromatic nitrogens is 3. The summed E-state index contributed by atoms with van der Waals surface area (Å²) in [7, 11) is 3.24. The number of hydrogen-bond acceptors (Lipinski definition) is 5. The quantitative estimate of drug-likeness (QED) is 0.437. The van der Waals surface area contributed by atoms with Gasteiger partial charge in [-0.1, -0.05) is 17.8 Å². The van der Waals surface area contributed by atoms with E-state index in [0.29, 0.717) is 11.3 Å². The summed E-state index contributed by atoms with van der Waals surface area (Å²) >= 11 is 1.52. The van der Waals surface area contributed by atoms with E-state index in [1.807, 2.05) is 17.7 Å². The van der Waals surface area contributed by atoms with Crippen LogP contribution in [0.4, 0.5) is 0 Å². The lowest BCUT2D eigenvalue weighted by molar-refractivity contribution is -0.136. The Morgan fingerprint density at radius 2 is 2.47 bits per heavy atom. The minimum absolute atomic E-state index is 0.298. The molecule has 0 aromatic carbocycles. The average molecular weight is 227 g/mol. The molecule has 1 aromatic heterocycles. The molecule has 6 heteroatoms. The third kappa shape index (κ3) is 3.39. The van der Waals surface area contributed by atoms with E-state index in [2.05, 4.69) is 14.9 Å².